The molecule has 146 valence electrons. The topological polar surface area (TPSA) is 72.4 Å². The summed E-state index contributed by atoms with van der Waals surface area (Å²) in [5, 5.41) is 6.94. The molecule has 3 aromatic heterocycles. The van der Waals surface area contributed by atoms with E-state index in [1.807, 2.05) is 90.3 Å². The normalized spacial score (nSPS) is 11.0. The largest absolute Gasteiger partial charge is 0.355 e. The van der Waals surface area contributed by atoms with Crippen molar-refractivity contribution < 1.29 is 9.32 Å². The number of hydrogen-bond acceptors (Lipinski definition) is 4. The van der Waals surface area contributed by atoms with E-state index in [2.05, 4.69) is 10.5 Å². The van der Waals surface area contributed by atoms with Crippen molar-refractivity contribution in [1.29, 1.82) is 0 Å². The summed E-state index contributed by atoms with van der Waals surface area (Å²) < 4.78 is 7.26. The molecule has 5 aromatic rings. The molecule has 0 aliphatic heterocycles. The van der Waals surface area contributed by atoms with Gasteiger partial charge in [0.15, 0.2) is 11.5 Å². The molecular weight excluding hydrogens is 376 g/mol. The fraction of sp³-hybridized carbons (Fsp3) is 0.0417. The predicted octanol–water partition coefficient (Wildman–Crippen LogP) is 5.22. The van der Waals surface area contributed by atoms with E-state index in [9.17, 15) is 4.79 Å². The molecule has 0 aliphatic rings. The van der Waals surface area contributed by atoms with Crippen LogP contribution < -0.4 is 5.32 Å². The summed E-state index contributed by atoms with van der Waals surface area (Å²) in [6, 6.07) is 24.9. The van der Waals surface area contributed by atoms with Crippen LogP contribution >= 0.6 is 0 Å². The lowest BCUT2D eigenvalue weighted by molar-refractivity contribution is 0.101. The second kappa shape index (κ2) is 7.33. The molecule has 1 amide bonds. The first kappa shape index (κ1) is 17.9. The minimum absolute atomic E-state index is 0.204. The number of nitrogens with one attached hydrogen (secondary N) is 1. The zero-order valence-corrected chi connectivity index (χ0v) is 16.2. The van der Waals surface area contributed by atoms with Crippen LogP contribution in [0.5, 0.6) is 0 Å². The molecule has 0 fully saturated rings. The Hall–Kier alpha value is -4.19. The first-order chi connectivity index (χ1) is 14.7. The monoisotopic (exact) mass is 394 g/mol. The lowest BCUT2D eigenvalue weighted by Gasteiger charge is -2.06. The molecule has 0 spiro atoms. The van der Waals surface area contributed by atoms with Crippen molar-refractivity contribution in [1.82, 2.24) is 14.5 Å². The average Bonchev–Trinajstić information content (AvgIpc) is 3.42. The lowest BCUT2D eigenvalue weighted by Crippen LogP contribution is -2.14. The molecule has 3 heterocycles. The summed E-state index contributed by atoms with van der Waals surface area (Å²) in [7, 11) is 0. The number of nitrogens with zero attached hydrogens (tertiary/aromatic N) is 3. The van der Waals surface area contributed by atoms with E-state index in [-0.39, 0.29) is 11.6 Å². The van der Waals surface area contributed by atoms with Crippen molar-refractivity contribution in [2.24, 2.45) is 0 Å². The van der Waals surface area contributed by atoms with Crippen LogP contribution in [0.15, 0.2) is 89.6 Å². The van der Waals surface area contributed by atoms with E-state index < -0.39 is 0 Å². The number of aromatic nitrogens is 3. The van der Waals surface area contributed by atoms with Gasteiger partial charge in [0.05, 0.1) is 0 Å². The maximum absolute atomic E-state index is 13.0. The Kier molecular flexibility index (Phi) is 4.37. The second-order valence-corrected chi connectivity index (χ2v) is 6.96. The Balaban J connectivity index is 1.55. The first-order valence-corrected chi connectivity index (χ1v) is 9.57. The highest BCUT2D eigenvalue weighted by Gasteiger charge is 2.20. The SMILES string of the molecule is Cc1cccn2c(NC(=O)c3cc(-c4ccccc4)on3)c(-c3ccccc3)nc12. The van der Waals surface area contributed by atoms with Gasteiger partial charge in [0.2, 0.25) is 0 Å². The molecule has 30 heavy (non-hydrogen) atoms. The highest BCUT2D eigenvalue weighted by molar-refractivity contribution is 6.05. The molecule has 0 bridgehead atoms. The van der Waals surface area contributed by atoms with Crippen LogP contribution in [-0.2, 0) is 0 Å². The van der Waals surface area contributed by atoms with Crippen molar-refractivity contribution in [3.63, 3.8) is 0 Å². The smallest absolute Gasteiger partial charge is 0.279 e. The summed E-state index contributed by atoms with van der Waals surface area (Å²) in [5.41, 5.74) is 4.49. The van der Waals surface area contributed by atoms with Crippen LogP contribution in [0.4, 0.5) is 5.82 Å². The van der Waals surface area contributed by atoms with Crippen LogP contribution in [0.3, 0.4) is 0 Å². The standard InChI is InChI=1S/C24H18N4O2/c1-16-9-8-14-28-22(16)25-21(18-12-6-3-7-13-18)23(28)26-24(29)19-15-20(30-27-19)17-10-4-2-5-11-17/h2-15H,1H3,(H,26,29). The zero-order chi connectivity index (χ0) is 20.5. The Bertz CT molecular complexity index is 1340. The third-order valence-electron chi connectivity index (χ3n) is 4.93. The molecule has 2 aromatic carbocycles. The number of hydrogen-bond donors (Lipinski definition) is 1. The molecule has 5 rings (SSSR count). The number of anilines is 1. The molecule has 0 radical (unpaired) electrons. The van der Waals surface area contributed by atoms with Crippen molar-refractivity contribution in [2.75, 3.05) is 5.32 Å². The fourth-order valence-electron chi connectivity index (χ4n) is 3.41. The van der Waals surface area contributed by atoms with E-state index in [0.29, 0.717) is 17.3 Å². The molecule has 0 atom stereocenters. The molecule has 0 saturated carbocycles. The van der Waals surface area contributed by atoms with Gasteiger partial charge >= 0.3 is 0 Å². The van der Waals surface area contributed by atoms with Crippen molar-refractivity contribution in [2.45, 2.75) is 6.92 Å². The van der Waals surface area contributed by atoms with Crippen molar-refractivity contribution >= 4 is 17.4 Å². The Labute approximate surface area is 172 Å². The molecule has 0 saturated heterocycles. The molecule has 0 unspecified atom stereocenters. The predicted molar refractivity (Wildman–Crippen MR) is 115 cm³/mol. The van der Waals surface area contributed by atoms with E-state index in [1.54, 1.807) is 6.07 Å². The Morgan fingerprint density at radius 2 is 1.63 bits per heavy atom. The third-order valence-corrected chi connectivity index (χ3v) is 4.93. The van der Waals surface area contributed by atoms with Gasteiger partial charge in [-0.2, -0.15) is 0 Å². The number of imidazole rings is 1. The molecule has 1 N–H and O–H groups in total. The maximum atomic E-state index is 13.0. The highest BCUT2D eigenvalue weighted by Crippen LogP contribution is 2.30. The Morgan fingerprint density at radius 3 is 2.37 bits per heavy atom. The second-order valence-electron chi connectivity index (χ2n) is 6.96. The van der Waals surface area contributed by atoms with Gasteiger partial charge in [0.1, 0.15) is 17.2 Å². The van der Waals surface area contributed by atoms with E-state index in [1.165, 1.54) is 0 Å². The number of fused-ring (bicyclic) bond motifs is 1. The summed E-state index contributed by atoms with van der Waals surface area (Å²) >= 11 is 0. The third kappa shape index (κ3) is 3.14. The van der Waals surface area contributed by atoms with Crippen LogP contribution in [0, 0.1) is 6.92 Å². The van der Waals surface area contributed by atoms with Gasteiger partial charge < -0.3 is 9.84 Å². The Morgan fingerprint density at radius 1 is 0.933 bits per heavy atom. The van der Waals surface area contributed by atoms with Crippen molar-refractivity contribution in [3.8, 4) is 22.6 Å². The number of benzene rings is 2. The minimum Gasteiger partial charge on any atom is -0.355 e. The number of carbonyl (C=O) groups excluding carboxylic acids is 1. The maximum Gasteiger partial charge on any atom is 0.279 e. The van der Waals surface area contributed by atoms with Gasteiger partial charge in [-0.1, -0.05) is 71.9 Å². The lowest BCUT2D eigenvalue weighted by atomic mass is 10.1. The summed E-state index contributed by atoms with van der Waals surface area (Å²) in [6.07, 6.45) is 1.88. The van der Waals surface area contributed by atoms with Crippen molar-refractivity contribution in [3.05, 3.63) is 96.3 Å². The molecular formula is C24H18N4O2. The van der Waals surface area contributed by atoms with Crippen LogP contribution in [0.25, 0.3) is 28.2 Å². The van der Waals surface area contributed by atoms with Gasteiger partial charge in [-0.25, -0.2) is 4.98 Å². The first-order valence-electron chi connectivity index (χ1n) is 9.57. The van der Waals surface area contributed by atoms with E-state index in [0.717, 1.165) is 22.3 Å². The number of carbonyl (C=O) groups is 1. The van der Waals surface area contributed by atoms with Crippen LogP contribution in [0.2, 0.25) is 0 Å². The van der Waals surface area contributed by atoms with Gasteiger partial charge in [0, 0.05) is 23.4 Å². The molecule has 0 aliphatic carbocycles. The number of rotatable bonds is 4. The average molecular weight is 394 g/mol. The highest BCUT2D eigenvalue weighted by atomic mass is 16.5. The molecule has 6 heteroatoms. The van der Waals surface area contributed by atoms with E-state index in [4.69, 9.17) is 9.51 Å². The van der Waals surface area contributed by atoms with Gasteiger partial charge in [-0.05, 0) is 18.6 Å². The fourth-order valence-corrected chi connectivity index (χ4v) is 3.41. The van der Waals surface area contributed by atoms with Gasteiger partial charge in [-0.3, -0.25) is 9.20 Å². The summed E-state index contributed by atoms with van der Waals surface area (Å²) in [6.45, 7) is 1.99. The molecule has 6 nitrogen and oxygen atoms in total. The van der Waals surface area contributed by atoms with Gasteiger partial charge in [-0.15, -0.1) is 0 Å². The summed E-state index contributed by atoms with van der Waals surface area (Å²) in [4.78, 5) is 17.8. The number of aryl methyl sites for hydroxylation is 1. The minimum atomic E-state index is -0.360. The zero-order valence-electron chi connectivity index (χ0n) is 16.2. The van der Waals surface area contributed by atoms with Crippen LogP contribution in [0.1, 0.15) is 16.1 Å². The quantitative estimate of drug-likeness (QED) is 0.454. The van der Waals surface area contributed by atoms with E-state index >= 15 is 0 Å². The number of amides is 1. The summed E-state index contributed by atoms with van der Waals surface area (Å²) in [5.74, 6) is 0.772. The van der Waals surface area contributed by atoms with Crippen LogP contribution in [-0.4, -0.2) is 20.4 Å². The number of pyridine rings is 1. The van der Waals surface area contributed by atoms with Gasteiger partial charge in [0.25, 0.3) is 5.91 Å².